The van der Waals surface area contributed by atoms with Gasteiger partial charge in [-0.2, -0.15) is 4.68 Å². The van der Waals surface area contributed by atoms with Crippen LogP contribution >= 0.6 is 0 Å². The second kappa shape index (κ2) is 9.67. The molecule has 0 amide bonds. The van der Waals surface area contributed by atoms with Gasteiger partial charge in [0.15, 0.2) is 0 Å². The van der Waals surface area contributed by atoms with Crippen molar-refractivity contribution in [3.05, 3.63) is 63.6 Å². The number of rotatable bonds is 9. The third-order valence-corrected chi connectivity index (χ3v) is 4.54. The summed E-state index contributed by atoms with van der Waals surface area (Å²) in [4.78, 5) is 34.5. The van der Waals surface area contributed by atoms with E-state index in [-0.39, 0.29) is 19.3 Å². The molecule has 3 rings (SSSR count). The number of unbranched alkanes of at least 4 members (excludes halogenated alkanes) is 1. The lowest BCUT2D eigenvalue weighted by Gasteiger charge is -2.07. The molecule has 0 aliphatic carbocycles. The van der Waals surface area contributed by atoms with Gasteiger partial charge < -0.3 is 14.4 Å². The minimum Gasteiger partial charge on any atom is -0.462 e. The van der Waals surface area contributed by atoms with Crippen LogP contribution in [-0.2, 0) is 9.57 Å². The molecular formula is C21H21N5O5. The summed E-state index contributed by atoms with van der Waals surface area (Å²) in [5.74, 6) is -0.184. The Bertz CT molecular complexity index is 1150. The van der Waals surface area contributed by atoms with E-state index in [1.54, 1.807) is 12.1 Å². The van der Waals surface area contributed by atoms with Crippen molar-refractivity contribution in [2.45, 2.75) is 32.7 Å². The van der Waals surface area contributed by atoms with Crippen molar-refractivity contribution in [1.29, 1.82) is 0 Å². The molecule has 0 saturated carbocycles. The fourth-order valence-electron chi connectivity index (χ4n) is 3.07. The number of carbonyl (C=O) groups is 1. The number of nitrogens with zero attached hydrogens (tertiary/aromatic N) is 5. The van der Waals surface area contributed by atoms with Gasteiger partial charge in [-0.3, -0.25) is 4.98 Å². The van der Waals surface area contributed by atoms with E-state index in [0.29, 0.717) is 29.9 Å². The second-order valence-corrected chi connectivity index (χ2v) is 7.04. The number of carbonyl (C=O) groups excluding carboxylic acids is 1. The van der Waals surface area contributed by atoms with Crippen molar-refractivity contribution in [2.24, 2.45) is 0 Å². The van der Waals surface area contributed by atoms with Gasteiger partial charge in [-0.1, -0.05) is 18.7 Å². The molecule has 1 aromatic carbocycles. The monoisotopic (exact) mass is 423 g/mol. The first kappa shape index (κ1) is 21.7. The van der Waals surface area contributed by atoms with Crippen LogP contribution in [-0.4, -0.2) is 39.0 Å². The maximum atomic E-state index is 12.3. The van der Waals surface area contributed by atoms with E-state index in [1.807, 2.05) is 36.7 Å². The van der Waals surface area contributed by atoms with E-state index in [1.165, 1.54) is 6.20 Å². The first-order valence-corrected chi connectivity index (χ1v) is 9.71. The van der Waals surface area contributed by atoms with Gasteiger partial charge >= 0.3 is 11.8 Å². The molecule has 10 nitrogen and oxygen atoms in total. The minimum atomic E-state index is -0.850. The van der Waals surface area contributed by atoms with Gasteiger partial charge in [0.2, 0.25) is 0 Å². The first-order chi connectivity index (χ1) is 14.9. The van der Waals surface area contributed by atoms with E-state index in [4.69, 9.17) is 11.3 Å². The number of hydrogen-bond acceptors (Lipinski definition) is 7. The highest BCUT2D eigenvalue weighted by Crippen LogP contribution is 2.31. The highest BCUT2D eigenvalue weighted by molar-refractivity contribution is 5.95. The Balaban J connectivity index is 1.74. The Morgan fingerprint density at radius 2 is 2.03 bits per heavy atom. The van der Waals surface area contributed by atoms with E-state index >= 15 is 0 Å². The summed E-state index contributed by atoms with van der Waals surface area (Å²) in [6.45, 7) is 11.5. The van der Waals surface area contributed by atoms with E-state index in [0.717, 1.165) is 16.5 Å². The number of fused-ring (bicyclic) bond motifs is 1. The van der Waals surface area contributed by atoms with Gasteiger partial charge in [-0.15, -0.1) is 10.1 Å². The van der Waals surface area contributed by atoms with Gasteiger partial charge in [-0.05, 0) is 55.6 Å². The highest BCUT2D eigenvalue weighted by atomic mass is 16.9. The summed E-state index contributed by atoms with van der Waals surface area (Å²) in [6.07, 6.45) is 2.38. The Morgan fingerprint density at radius 3 is 2.74 bits per heavy atom. The summed E-state index contributed by atoms with van der Waals surface area (Å²) in [5.41, 5.74) is 2.53. The zero-order chi connectivity index (χ0) is 22.4. The van der Waals surface area contributed by atoms with Gasteiger partial charge in [0, 0.05) is 11.6 Å². The molecule has 0 radical (unpaired) electrons. The molecule has 10 heteroatoms. The lowest BCUT2D eigenvalue weighted by atomic mass is 10.1. The van der Waals surface area contributed by atoms with Crippen LogP contribution < -0.4 is 0 Å². The zero-order valence-electron chi connectivity index (χ0n) is 17.1. The molecule has 3 aromatic rings. The fourth-order valence-corrected chi connectivity index (χ4v) is 3.07. The normalized spacial score (nSPS) is 10.8. The Morgan fingerprint density at radius 1 is 1.26 bits per heavy atom. The number of pyridine rings is 1. The Hall–Kier alpha value is -4.00. The topological polar surface area (TPSA) is 114 Å². The average molecular weight is 423 g/mol. The molecule has 0 saturated heterocycles. The maximum Gasteiger partial charge on any atom is 0.338 e. The van der Waals surface area contributed by atoms with Crippen molar-refractivity contribution in [2.75, 3.05) is 13.2 Å². The summed E-state index contributed by atoms with van der Waals surface area (Å²) in [6, 6.07) is 8.92. The van der Waals surface area contributed by atoms with Crippen molar-refractivity contribution in [3.8, 4) is 11.3 Å². The van der Waals surface area contributed by atoms with Crippen LogP contribution in [0, 0.1) is 16.7 Å². The SMILES string of the molecule is [C-]#[N+]c1nn(C(C)C)c2ccc(-c3cc(C(=O)OCCCCO[N+](=O)[O-])ccn3)cc12. The standard InChI is InChI=1S/C21H21N5O5/c1-14(2)25-19-7-6-15(12-17(19)20(22-3)24-25)18-13-16(8-9-23-18)21(27)30-10-4-5-11-31-26(28)29/h6-9,12-14H,4-5,10-11H2,1-2H3. The summed E-state index contributed by atoms with van der Waals surface area (Å²) in [7, 11) is 0. The van der Waals surface area contributed by atoms with E-state index in [9.17, 15) is 14.9 Å². The molecule has 31 heavy (non-hydrogen) atoms. The van der Waals surface area contributed by atoms with Gasteiger partial charge in [-0.25, -0.2) is 4.79 Å². The third-order valence-electron chi connectivity index (χ3n) is 4.54. The van der Waals surface area contributed by atoms with Gasteiger partial charge in [0.25, 0.3) is 5.09 Å². The summed E-state index contributed by atoms with van der Waals surface area (Å²) < 4.78 is 7.03. The number of hydrogen-bond donors (Lipinski definition) is 0. The molecule has 0 bridgehead atoms. The first-order valence-electron chi connectivity index (χ1n) is 9.71. The molecule has 0 atom stereocenters. The smallest absolute Gasteiger partial charge is 0.338 e. The number of ether oxygens (including phenoxy) is 1. The van der Waals surface area contributed by atoms with Crippen LogP contribution in [0.4, 0.5) is 5.82 Å². The molecule has 2 heterocycles. The lowest BCUT2D eigenvalue weighted by Crippen LogP contribution is -2.08. The van der Waals surface area contributed by atoms with Crippen LogP contribution in [0.2, 0.25) is 0 Å². The molecular weight excluding hydrogens is 402 g/mol. The number of aromatic nitrogens is 3. The Labute approximate surface area is 178 Å². The van der Waals surface area contributed by atoms with E-state index < -0.39 is 11.1 Å². The molecule has 0 spiro atoms. The fraction of sp³-hybridized carbons (Fsp3) is 0.333. The Kier molecular flexibility index (Phi) is 6.77. The van der Waals surface area contributed by atoms with Crippen molar-refractivity contribution in [1.82, 2.24) is 14.8 Å². The quantitative estimate of drug-likeness (QED) is 0.165. The molecule has 160 valence electrons. The maximum absolute atomic E-state index is 12.3. The predicted molar refractivity (Wildman–Crippen MR) is 112 cm³/mol. The van der Waals surface area contributed by atoms with Gasteiger partial charge in [0.05, 0.1) is 36.0 Å². The van der Waals surface area contributed by atoms with Gasteiger partial charge in [0.1, 0.15) is 0 Å². The van der Waals surface area contributed by atoms with Crippen molar-refractivity contribution < 1.29 is 19.5 Å². The van der Waals surface area contributed by atoms with Crippen LogP contribution in [0.15, 0.2) is 36.5 Å². The largest absolute Gasteiger partial charge is 0.462 e. The molecule has 0 unspecified atom stereocenters. The number of benzene rings is 1. The summed E-state index contributed by atoms with van der Waals surface area (Å²) >= 11 is 0. The molecule has 0 aliphatic rings. The predicted octanol–water partition coefficient (Wildman–Crippen LogP) is 4.38. The zero-order valence-corrected chi connectivity index (χ0v) is 17.1. The third kappa shape index (κ3) is 5.14. The van der Waals surface area contributed by atoms with Crippen molar-refractivity contribution >= 4 is 22.7 Å². The van der Waals surface area contributed by atoms with Crippen LogP contribution in [0.5, 0.6) is 0 Å². The van der Waals surface area contributed by atoms with Crippen LogP contribution in [0.3, 0.4) is 0 Å². The van der Waals surface area contributed by atoms with Crippen LogP contribution in [0.1, 0.15) is 43.1 Å². The minimum absolute atomic E-state index is 0.0353. The lowest BCUT2D eigenvalue weighted by molar-refractivity contribution is -0.757. The molecule has 0 N–H and O–H groups in total. The molecule has 0 aliphatic heterocycles. The number of esters is 1. The average Bonchev–Trinajstić information content (AvgIpc) is 3.14. The molecule has 2 aromatic heterocycles. The van der Waals surface area contributed by atoms with E-state index in [2.05, 4.69) is 19.8 Å². The highest BCUT2D eigenvalue weighted by Gasteiger charge is 2.16. The van der Waals surface area contributed by atoms with Crippen LogP contribution in [0.25, 0.3) is 27.0 Å². The van der Waals surface area contributed by atoms with Crippen molar-refractivity contribution in [3.63, 3.8) is 0 Å². The second-order valence-electron chi connectivity index (χ2n) is 7.04. The summed E-state index contributed by atoms with van der Waals surface area (Å²) in [5, 5.41) is 14.3. The molecule has 0 fully saturated rings.